The van der Waals surface area contributed by atoms with E-state index < -0.39 is 0 Å². The zero-order valence-corrected chi connectivity index (χ0v) is 16.1. The number of benzene rings is 2. The Balaban J connectivity index is 1.52. The van der Waals surface area contributed by atoms with Crippen molar-refractivity contribution in [3.05, 3.63) is 64.0 Å². The fourth-order valence-electron chi connectivity index (χ4n) is 2.44. The van der Waals surface area contributed by atoms with Crippen LogP contribution in [0.2, 0.25) is 10.0 Å². The maximum absolute atomic E-state index is 12.1. The van der Waals surface area contributed by atoms with Crippen LogP contribution in [0, 0.1) is 0 Å². The first kappa shape index (κ1) is 17.8. The van der Waals surface area contributed by atoms with Gasteiger partial charge in [-0.15, -0.1) is 16.4 Å². The van der Waals surface area contributed by atoms with E-state index in [2.05, 4.69) is 15.4 Å². The molecule has 0 aliphatic rings. The number of hydrogen-bond donors (Lipinski definition) is 1. The number of carbonyl (C=O) groups is 1. The summed E-state index contributed by atoms with van der Waals surface area (Å²) in [6, 6.07) is 14.3. The lowest BCUT2D eigenvalue weighted by molar-refractivity contribution is -0.118. The number of hydrogen-bond acceptors (Lipinski definition) is 5. The Bertz CT molecular complexity index is 1110. The zero-order chi connectivity index (χ0) is 18.8. The number of rotatable bonds is 5. The van der Waals surface area contributed by atoms with E-state index in [0.717, 1.165) is 11.3 Å². The van der Waals surface area contributed by atoms with Crippen LogP contribution < -0.4 is 10.1 Å². The number of thiazole rings is 1. The number of halogens is 2. The van der Waals surface area contributed by atoms with Crippen molar-refractivity contribution in [2.75, 3.05) is 11.9 Å². The molecule has 1 amide bonds. The highest BCUT2D eigenvalue weighted by molar-refractivity contribution is 7.15. The van der Waals surface area contributed by atoms with Crippen molar-refractivity contribution in [3.63, 3.8) is 0 Å². The van der Waals surface area contributed by atoms with Crippen LogP contribution in [0.15, 0.2) is 53.9 Å². The molecule has 1 N–H and O–H groups in total. The van der Waals surface area contributed by atoms with E-state index in [1.54, 1.807) is 34.8 Å². The first-order valence-corrected chi connectivity index (χ1v) is 9.51. The van der Waals surface area contributed by atoms with Crippen LogP contribution in [0.3, 0.4) is 0 Å². The van der Waals surface area contributed by atoms with Crippen LogP contribution in [0.25, 0.3) is 16.2 Å². The molecule has 0 atom stereocenters. The molecule has 2 aromatic heterocycles. The highest BCUT2D eigenvalue weighted by Crippen LogP contribution is 2.33. The molecule has 0 saturated carbocycles. The van der Waals surface area contributed by atoms with Crippen molar-refractivity contribution < 1.29 is 9.53 Å². The van der Waals surface area contributed by atoms with Gasteiger partial charge in [0.05, 0.1) is 10.7 Å². The Hall–Kier alpha value is -2.61. The topological polar surface area (TPSA) is 68.5 Å². The quantitative estimate of drug-likeness (QED) is 0.506. The highest BCUT2D eigenvalue weighted by atomic mass is 35.5. The molecule has 0 saturated heterocycles. The third-order valence-corrected chi connectivity index (χ3v) is 5.03. The lowest BCUT2D eigenvalue weighted by atomic mass is 10.2. The normalized spacial score (nSPS) is 10.9. The third-order valence-electron chi connectivity index (χ3n) is 3.65. The molecule has 2 heterocycles. The minimum absolute atomic E-state index is 0.135. The molecule has 0 unspecified atom stereocenters. The molecular weight excluding hydrogens is 407 g/mol. The summed E-state index contributed by atoms with van der Waals surface area (Å²) >= 11 is 13.7. The van der Waals surface area contributed by atoms with Crippen molar-refractivity contribution in [2.24, 2.45) is 0 Å². The molecule has 6 nitrogen and oxygen atoms in total. The molecule has 0 fully saturated rings. The molecular formula is C18H12Cl2N4O2S. The number of carbonyl (C=O) groups excluding carboxylic acids is 1. The van der Waals surface area contributed by atoms with E-state index in [1.165, 1.54) is 11.3 Å². The number of para-hydroxylation sites is 1. The van der Waals surface area contributed by atoms with E-state index in [1.807, 2.05) is 23.6 Å². The molecule has 2 aromatic carbocycles. The van der Waals surface area contributed by atoms with Crippen LogP contribution in [0.5, 0.6) is 5.75 Å². The van der Waals surface area contributed by atoms with Crippen molar-refractivity contribution in [2.45, 2.75) is 0 Å². The molecule has 0 aliphatic heterocycles. The Kier molecular flexibility index (Phi) is 4.98. The predicted octanol–water partition coefficient (Wildman–Crippen LogP) is 4.78. The second kappa shape index (κ2) is 7.56. The minimum Gasteiger partial charge on any atom is -0.484 e. The summed E-state index contributed by atoms with van der Waals surface area (Å²) in [5.74, 6) is 0.465. The average Bonchev–Trinajstić information content (AvgIpc) is 3.23. The van der Waals surface area contributed by atoms with Gasteiger partial charge in [-0.3, -0.25) is 10.1 Å². The summed E-state index contributed by atoms with van der Waals surface area (Å²) in [6.45, 7) is -0.135. The number of anilines is 1. The van der Waals surface area contributed by atoms with Gasteiger partial charge in [0.1, 0.15) is 5.75 Å². The van der Waals surface area contributed by atoms with Gasteiger partial charge in [0.25, 0.3) is 11.9 Å². The van der Waals surface area contributed by atoms with Gasteiger partial charge in [0.15, 0.2) is 6.61 Å². The Morgan fingerprint density at radius 1 is 1.19 bits per heavy atom. The van der Waals surface area contributed by atoms with Gasteiger partial charge in [-0.2, -0.15) is 4.98 Å². The molecule has 136 valence electrons. The van der Waals surface area contributed by atoms with Crippen LogP contribution in [0.1, 0.15) is 0 Å². The lowest BCUT2D eigenvalue weighted by Gasteiger charge is -2.05. The molecule has 9 heteroatoms. The van der Waals surface area contributed by atoms with Crippen molar-refractivity contribution in [1.82, 2.24) is 14.6 Å². The van der Waals surface area contributed by atoms with Crippen molar-refractivity contribution >= 4 is 51.4 Å². The summed E-state index contributed by atoms with van der Waals surface area (Å²) in [5, 5.41) is 9.98. The summed E-state index contributed by atoms with van der Waals surface area (Å²) in [4.78, 5) is 17.0. The molecule has 0 bridgehead atoms. The average molecular weight is 419 g/mol. The molecule has 0 spiro atoms. The molecule has 0 aliphatic carbocycles. The molecule has 4 aromatic rings. The van der Waals surface area contributed by atoms with Gasteiger partial charge in [0.2, 0.25) is 4.96 Å². The fraction of sp³-hybridized carbons (Fsp3) is 0.0556. The van der Waals surface area contributed by atoms with Crippen molar-refractivity contribution in [3.8, 4) is 17.0 Å². The standard InChI is InChI=1S/C18H12Cl2N4O2S/c19-11-6-7-14(20)13(8-11)15-10-27-18-22-17(23-24(15)18)21-16(25)9-26-12-4-2-1-3-5-12/h1-8,10H,9H2,(H,21,23,25). The molecule has 27 heavy (non-hydrogen) atoms. The highest BCUT2D eigenvalue weighted by Gasteiger charge is 2.15. The SMILES string of the molecule is O=C(COc1ccccc1)Nc1nc2scc(-c3cc(Cl)ccc3Cl)n2n1. The predicted molar refractivity (Wildman–Crippen MR) is 107 cm³/mol. The maximum Gasteiger partial charge on any atom is 0.264 e. The first-order valence-electron chi connectivity index (χ1n) is 7.87. The van der Waals surface area contributed by atoms with E-state index in [-0.39, 0.29) is 18.5 Å². The monoisotopic (exact) mass is 418 g/mol. The number of nitrogens with one attached hydrogen (secondary N) is 1. The number of amides is 1. The fourth-order valence-corrected chi connectivity index (χ4v) is 3.65. The van der Waals surface area contributed by atoms with Gasteiger partial charge >= 0.3 is 0 Å². The Morgan fingerprint density at radius 3 is 2.81 bits per heavy atom. The Labute approximate surface area is 168 Å². The van der Waals surface area contributed by atoms with E-state index in [0.29, 0.717) is 20.8 Å². The van der Waals surface area contributed by atoms with Gasteiger partial charge in [-0.25, -0.2) is 4.52 Å². The Morgan fingerprint density at radius 2 is 2.00 bits per heavy atom. The maximum atomic E-state index is 12.1. The van der Waals surface area contributed by atoms with Crippen LogP contribution in [0.4, 0.5) is 5.95 Å². The first-order chi connectivity index (χ1) is 13.1. The number of fused-ring (bicyclic) bond motifs is 1. The smallest absolute Gasteiger partial charge is 0.264 e. The summed E-state index contributed by atoms with van der Waals surface area (Å²) in [5.41, 5.74) is 1.49. The van der Waals surface area contributed by atoms with Gasteiger partial charge in [-0.1, -0.05) is 41.4 Å². The number of ether oxygens (including phenoxy) is 1. The second-order valence-electron chi connectivity index (χ2n) is 5.52. The summed E-state index contributed by atoms with van der Waals surface area (Å²) in [6.07, 6.45) is 0. The van der Waals surface area contributed by atoms with Gasteiger partial charge in [-0.05, 0) is 30.3 Å². The molecule has 4 rings (SSSR count). The molecule has 0 radical (unpaired) electrons. The lowest BCUT2D eigenvalue weighted by Crippen LogP contribution is -2.20. The van der Waals surface area contributed by atoms with Gasteiger partial charge < -0.3 is 4.74 Å². The number of aromatic nitrogens is 3. The van der Waals surface area contributed by atoms with E-state index >= 15 is 0 Å². The van der Waals surface area contributed by atoms with E-state index in [9.17, 15) is 4.79 Å². The summed E-state index contributed by atoms with van der Waals surface area (Å²) in [7, 11) is 0. The van der Waals surface area contributed by atoms with Crippen LogP contribution in [-0.2, 0) is 4.79 Å². The zero-order valence-electron chi connectivity index (χ0n) is 13.7. The summed E-state index contributed by atoms with van der Waals surface area (Å²) < 4.78 is 7.03. The largest absolute Gasteiger partial charge is 0.484 e. The number of nitrogens with zero attached hydrogens (tertiary/aromatic N) is 3. The third kappa shape index (κ3) is 3.90. The van der Waals surface area contributed by atoms with Crippen LogP contribution in [-0.4, -0.2) is 27.1 Å². The minimum atomic E-state index is -0.348. The van der Waals surface area contributed by atoms with Crippen molar-refractivity contribution in [1.29, 1.82) is 0 Å². The van der Waals surface area contributed by atoms with Gasteiger partial charge in [0, 0.05) is 16.0 Å². The van der Waals surface area contributed by atoms with E-state index in [4.69, 9.17) is 27.9 Å². The van der Waals surface area contributed by atoms with Crippen LogP contribution >= 0.6 is 34.5 Å². The second-order valence-corrected chi connectivity index (χ2v) is 7.20.